The number of nitriles is 1. The molecule has 2 N–H and O–H groups in total. The van der Waals surface area contributed by atoms with Crippen molar-refractivity contribution in [1.82, 2.24) is 14.9 Å². The Labute approximate surface area is 218 Å². The molecule has 1 aliphatic rings. The third-order valence-corrected chi connectivity index (χ3v) is 8.14. The second kappa shape index (κ2) is 13.2. The van der Waals surface area contributed by atoms with Crippen LogP contribution in [0.15, 0.2) is 59.5 Å². The Bertz CT molecular complexity index is 1210. The highest BCUT2D eigenvalue weighted by atomic mass is 32.2. The normalized spacial score (nSPS) is 17.3. The Hall–Kier alpha value is -3.42. The first kappa shape index (κ1) is 28.2. The van der Waals surface area contributed by atoms with Crippen LogP contribution in [0.5, 0.6) is 0 Å². The number of hydrogen-bond donors (Lipinski definition) is 2. The standard InChI is InChI=1S/C27H34N4O5S/c1-20(2)17-24(30-27(33)36-19-21-9-4-3-5-10-21)26(32)29-23-12-8-15-31(16-14-23)37(34,35)25-13-7-6-11-22(25)18-28/h3-7,9-11,13,20,23-24H,8,12,14-17,19H2,1-2H3,(H,29,32)(H,30,33)/t23?,24-/m0/s1. The highest BCUT2D eigenvalue weighted by molar-refractivity contribution is 7.89. The van der Waals surface area contributed by atoms with E-state index in [-0.39, 0.29) is 41.5 Å². The van der Waals surface area contributed by atoms with Crippen LogP contribution in [0.25, 0.3) is 0 Å². The van der Waals surface area contributed by atoms with Crippen molar-refractivity contribution in [2.24, 2.45) is 5.92 Å². The van der Waals surface area contributed by atoms with E-state index in [1.165, 1.54) is 16.4 Å². The minimum atomic E-state index is -3.83. The van der Waals surface area contributed by atoms with E-state index in [2.05, 4.69) is 10.6 Å². The van der Waals surface area contributed by atoms with Gasteiger partial charge in [-0.2, -0.15) is 9.57 Å². The molecule has 2 aromatic carbocycles. The van der Waals surface area contributed by atoms with Gasteiger partial charge in [-0.3, -0.25) is 4.79 Å². The molecule has 37 heavy (non-hydrogen) atoms. The first-order chi connectivity index (χ1) is 17.7. The van der Waals surface area contributed by atoms with Gasteiger partial charge < -0.3 is 15.4 Å². The van der Waals surface area contributed by atoms with Gasteiger partial charge in [-0.1, -0.05) is 56.3 Å². The van der Waals surface area contributed by atoms with Gasteiger partial charge in [-0.25, -0.2) is 13.2 Å². The van der Waals surface area contributed by atoms with Crippen LogP contribution < -0.4 is 10.6 Å². The zero-order valence-electron chi connectivity index (χ0n) is 21.2. The average Bonchev–Trinajstić information content (AvgIpc) is 3.13. The van der Waals surface area contributed by atoms with E-state index in [1.807, 2.05) is 50.2 Å². The molecule has 1 saturated heterocycles. The van der Waals surface area contributed by atoms with Crippen LogP contribution >= 0.6 is 0 Å². The largest absolute Gasteiger partial charge is 0.445 e. The van der Waals surface area contributed by atoms with Gasteiger partial charge >= 0.3 is 6.09 Å². The van der Waals surface area contributed by atoms with Crippen molar-refractivity contribution in [3.8, 4) is 6.07 Å². The zero-order chi connectivity index (χ0) is 26.8. The van der Waals surface area contributed by atoms with Crippen molar-refractivity contribution >= 4 is 22.0 Å². The maximum absolute atomic E-state index is 13.2. The van der Waals surface area contributed by atoms with Crippen molar-refractivity contribution in [2.75, 3.05) is 13.1 Å². The Morgan fingerprint density at radius 3 is 2.49 bits per heavy atom. The van der Waals surface area contributed by atoms with E-state index in [4.69, 9.17) is 4.74 Å². The van der Waals surface area contributed by atoms with E-state index >= 15 is 0 Å². The summed E-state index contributed by atoms with van der Waals surface area (Å²) in [6.07, 6.45) is 1.35. The van der Waals surface area contributed by atoms with Crippen molar-refractivity contribution in [1.29, 1.82) is 5.26 Å². The number of sulfonamides is 1. The van der Waals surface area contributed by atoms with Crippen molar-refractivity contribution in [3.63, 3.8) is 0 Å². The lowest BCUT2D eigenvalue weighted by Gasteiger charge is -2.24. The third kappa shape index (κ3) is 8.03. The summed E-state index contributed by atoms with van der Waals surface area (Å²) >= 11 is 0. The monoisotopic (exact) mass is 526 g/mol. The maximum Gasteiger partial charge on any atom is 0.408 e. The first-order valence-corrected chi connectivity index (χ1v) is 13.9. The smallest absolute Gasteiger partial charge is 0.408 e. The predicted molar refractivity (Wildman–Crippen MR) is 139 cm³/mol. The van der Waals surface area contributed by atoms with Gasteiger partial charge in [-0.05, 0) is 49.3 Å². The van der Waals surface area contributed by atoms with E-state index in [0.29, 0.717) is 32.2 Å². The minimum Gasteiger partial charge on any atom is -0.445 e. The molecule has 1 unspecified atom stereocenters. The Morgan fingerprint density at radius 2 is 1.78 bits per heavy atom. The molecule has 0 radical (unpaired) electrons. The summed E-state index contributed by atoms with van der Waals surface area (Å²) in [6, 6.07) is 16.4. The summed E-state index contributed by atoms with van der Waals surface area (Å²) in [5.74, 6) is -0.165. The summed E-state index contributed by atoms with van der Waals surface area (Å²) in [4.78, 5) is 25.5. The molecule has 9 nitrogen and oxygen atoms in total. The van der Waals surface area contributed by atoms with Crippen LogP contribution in [-0.4, -0.2) is 49.9 Å². The van der Waals surface area contributed by atoms with Crippen LogP contribution in [-0.2, 0) is 26.2 Å². The van der Waals surface area contributed by atoms with Gasteiger partial charge in [0.15, 0.2) is 0 Å². The van der Waals surface area contributed by atoms with E-state index < -0.39 is 22.2 Å². The zero-order valence-corrected chi connectivity index (χ0v) is 22.0. The van der Waals surface area contributed by atoms with Gasteiger partial charge in [0.25, 0.3) is 0 Å². The highest BCUT2D eigenvalue weighted by Crippen LogP contribution is 2.23. The molecule has 198 valence electrons. The summed E-state index contributed by atoms with van der Waals surface area (Å²) < 4.78 is 33.0. The fraction of sp³-hybridized carbons (Fsp3) is 0.444. The van der Waals surface area contributed by atoms with Crippen molar-refractivity contribution < 1.29 is 22.7 Å². The molecule has 0 saturated carbocycles. The van der Waals surface area contributed by atoms with Gasteiger partial charge in [0, 0.05) is 19.1 Å². The number of rotatable bonds is 9. The predicted octanol–water partition coefficient (Wildman–Crippen LogP) is 3.56. The van der Waals surface area contributed by atoms with Gasteiger partial charge in [-0.15, -0.1) is 0 Å². The Kier molecular flexibility index (Phi) is 10.1. The number of hydrogen-bond acceptors (Lipinski definition) is 6. The summed E-state index contributed by atoms with van der Waals surface area (Å²) in [6.45, 7) is 4.54. The fourth-order valence-electron chi connectivity index (χ4n) is 4.29. The van der Waals surface area contributed by atoms with Crippen molar-refractivity contribution in [2.45, 2.75) is 63.1 Å². The molecule has 2 amide bonds. The number of amides is 2. The van der Waals surface area contributed by atoms with E-state index in [0.717, 1.165) is 5.56 Å². The molecule has 3 rings (SSSR count). The highest BCUT2D eigenvalue weighted by Gasteiger charge is 2.31. The lowest BCUT2D eigenvalue weighted by Crippen LogP contribution is -2.50. The van der Waals surface area contributed by atoms with Crippen LogP contribution in [0.3, 0.4) is 0 Å². The van der Waals surface area contributed by atoms with Gasteiger partial charge in [0.1, 0.15) is 18.7 Å². The number of carbonyl (C=O) groups excluding carboxylic acids is 2. The molecule has 2 aromatic rings. The molecule has 0 spiro atoms. The quantitative estimate of drug-likeness (QED) is 0.514. The lowest BCUT2D eigenvalue weighted by atomic mass is 10.0. The van der Waals surface area contributed by atoms with Gasteiger partial charge in [0.2, 0.25) is 15.9 Å². The summed E-state index contributed by atoms with van der Waals surface area (Å²) in [7, 11) is -3.83. The van der Waals surface area contributed by atoms with Crippen molar-refractivity contribution in [3.05, 3.63) is 65.7 Å². The second-order valence-corrected chi connectivity index (χ2v) is 11.4. The average molecular weight is 527 g/mol. The second-order valence-electron chi connectivity index (χ2n) is 9.54. The van der Waals surface area contributed by atoms with Crippen LogP contribution in [0.2, 0.25) is 0 Å². The lowest BCUT2D eigenvalue weighted by molar-refractivity contribution is -0.124. The first-order valence-electron chi connectivity index (χ1n) is 12.5. The number of nitrogens with one attached hydrogen (secondary N) is 2. The Morgan fingerprint density at radius 1 is 1.08 bits per heavy atom. The maximum atomic E-state index is 13.2. The topological polar surface area (TPSA) is 129 Å². The Balaban J connectivity index is 1.59. The van der Waals surface area contributed by atoms with Crippen LogP contribution in [0.1, 0.15) is 50.7 Å². The molecule has 1 heterocycles. The van der Waals surface area contributed by atoms with Gasteiger partial charge in [0.05, 0.1) is 10.5 Å². The molecular weight excluding hydrogens is 492 g/mol. The number of alkyl carbamates (subject to hydrolysis) is 1. The SMILES string of the molecule is CC(C)C[C@H](NC(=O)OCc1ccccc1)C(=O)NC1CCCN(S(=O)(=O)c2ccccc2C#N)CC1. The summed E-state index contributed by atoms with van der Waals surface area (Å²) in [5.41, 5.74) is 0.955. The van der Waals surface area contributed by atoms with Crippen LogP contribution in [0, 0.1) is 17.2 Å². The summed E-state index contributed by atoms with van der Waals surface area (Å²) in [5, 5.41) is 15.0. The molecule has 0 bridgehead atoms. The van der Waals surface area contributed by atoms with E-state index in [9.17, 15) is 23.3 Å². The molecule has 10 heteroatoms. The third-order valence-electron chi connectivity index (χ3n) is 6.19. The van der Waals surface area contributed by atoms with Crippen LogP contribution in [0.4, 0.5) is 4.79 Å². The molecule has 2 atom stereocenters. The number of nitrogens with zero attached hydrogens (tertiary/aromatic N) is 2. The molecule has 1 fully saturated rings. The number of carbonyl (C=O) groups is 2. The number of benzene rings is 2. The molecule has 0 aliphatic carbocycles. The fourth-order valence-corrected chi connectivity index (χ4v) is 5.92. The molecule has 0 aromatic heterocycles. The molecular formula is C27H34N4O5S. The minimum absolute atomic E-state index is 0.00445. The van der Waals surface area contributed by atoms with E-state index in [1.54, 1.807) is 12.1 Å². The number of ether oxygens (including phenoxy) is 1. The molecule has 1 aliphatic heterocycles.